The van der Waals surface area contributed by atoms with Crippen LogP contribution in [-0.4, -0.2) is 35.2 Å². The van der Waals surface area contributed by atoms with Crippen molar-refractivity contribution in [3.63, 3.8) is 0 Å². The molecule has 1 fully saturated rings. The standard InChI is InChI=1S/C11H18FN3O/c1-11(12)2-4-15(5-3-11)9(6-13)10-7-14-8-16-10/h7-9H,2-6,13H2,1H3. The van der Waals surface area contributed by atoms with Crippen molar-refractivity contribution < 1.29 is 8.81 Å². The summed E-state index contributed by atoms with van der Waals surface area (Å²) in [5, 5.41) is 0. The van der Waals surface area contributed by atoms with Gasteiger partial charge >= 0.3 is 0 Å². The minimum absolute atomic E-state index is 0.0265. The van der Waals surface area contributed by atoms with Crippen LogP contribution in [0.5, 0.6) is 0 Å². The second kappa shape index (κ2) is 4.51. The van der Waals surface area contributed by atoms with Crippen molar-refractivity contribution in [1.82, 2.24) is 9.88 Å². The summed E-state index contributed by atoms with van der Waals surface area (Å²) in [4.78, 5) is 6.06. The summed E-state index contributed by atoms with van der Waals surface area (Å²) < 4.78 is 18.9. The van der Waals surface area contributed by atoms with Gasteiger partial charge in [-0.15, -0.1) is 0 Å². The number of nitrogens with zero attached hydrogens (tertiary/aromatic N) is 2. The molecule has 5 heteroatoms. The largest absolute Gasteiger partial charge is 0.447 e. The molecule has 1 saturated heterocycles. The molecule has 2 rings (SSSR count). The van der Waals surface area contributed by atoms with Gasteiger partial charge < -0.3 is 10.2 Å². The lowest BCUT2D eigenvalue weighted by molar-refractivity contribution is 0.0472. The summed E-state index contributed by atoms with van der Waals surface area (Å²) in [5.41, 5.74) is 4.71. The van der Waals surface area contributed by atoms with Crippen LogP contribution in [0.25, 0.3) is 0 Å². The van der Waals surface area contributed by atoms with Gasteiger partial charge in [-0.1, -0.05) is 0 Å². The smallest absolute Gasteiger partial charge is 0.180 e. The van der Waals surface area contributed by atoms with Crippen molar-refractivity contribution in [1.29, 1.82) is 0 Å². The first kappa shape index (κ1) is 11.5. The molecule has 0 radical (unpaired) electrons. The maximum atomic E-state index is 13.7. The number of piperidine rings is 1. The summed E-state index contributed by atoms with van der Waals surface area (Å²) in [5.74, 6) is 0.768. The first-order valence-corrected chi connectivity index (χ1v) is 5.64. The number of rotatable bonds is 3. The molecule has 2 heterocycles. The Morgan fingerprint density at radius 3 is 2.81 bits per heavy atom. The highest BCUT2D eigenvalue weighted by Crippen LogP contribution is 2.30. The van der Waals surface area contributed by atoms with Gasteiger partial charge in [0.05, 0.1) is 12.2 Å². The van der Waals surface area contributed by atoms with Crippen LogP contribution in [-0.2, 0) is 0 Å². The van der Waals surface area contributed by atoms with E-state index in [1.807, 2.05) is 0 Å². The maximum Gasteiger partial charge on any atom is 0.180 e. The van der Waals surface area contributed by atoms with Gasteiger partial charge in [-0.05, 0) is 19.8 Å². The number of hydrogen-bond acceptors (Lipinski definition) is 4. The zero-order valence-electron chi connectivity index (χ0n) is 9.53. The van der Waals surface area contributed by atoms with Crippen molar-refractivity contribution in [3.8, 4) is 0 Å². The Kier molecular flexibility index (Phi) is 3.25. The average molecular weight is 227 g/mol. The lowest BCUT2D eigenvalue weighted by atomic mass is 9.94. The Morgan fingerprint density at radius 2 is 2.31 bits per heavy atom. The number of halogens is 1. The van der Waals surface area contributed by atoms with Gasteiger partial charge in [-0.25, -0.2) is 9.37 Å². The fourth-order valence-electron chi connectivity index (χ4n) is 2.14. The van der Waals surface area contributed by atoms with E-state index in [0.717, 1.165) is 18.8 Å². The van der Waals surface area contributed by atoms with E-state index in [4.69, 9.17) is 10.2 Å². The molecule has 1 aliphatic heterocycles. The van der Waals surface area contributed by atoms with E-state index in [1.54, 1.807) is 13.1 Å². The molecule has 0 saturated carbocycles. The van der Waals surface area contributed by atoms with E-state index < -0.39 is 5.67 Å². The fourth-order valence-corrected chi connectivity index (χ4v) is 2.14. The van der Waals surface area contributed by atoms with Crippen LogP contribution in [0.2, 0.25) is 0 Å². The first-order valence-electron chi connectivity index (χ1n) is 5.64. The second-order valence-electron chi connectivity index (χ2n) is 4.60. The van der Waals surface area contributed by atoms with E-state index in [9.17, 15) is 4.39 Å². The van der Waals surface area contributed by atoms with Gasteiger partial charge in [0.25, 0.3) is 0 Å². The van der Waals surface area contributed by atoms with Crippen LogP contribution >= 0.6 is 0 Å². The number of aromatic nitrogens is 1. The van der Waals surface area contributed by atoms with Crippen LogP contribution in [0, 0.1) is 0 Å². The molecule has 0 amide bonds. The average Bonchev–Trinajstić information content (AvgIpc) is 2.75. The molecule has 1 aromatic rings. The van der Waals surface area contributed by atoms with E-state index in [2.05, 4.69) is 9.88 Å². The summed E-state index contributed by atoms with van der Waals surface area (Å²) in [6, 6.07) is 0.0265. The van der Waals surface area contributed by atoms with Crippen LogP contribution in [0.15, 0.2) is 17.0 Å². The third-order valence-electron chi connectivity index (χ3n) is 3.28. The van der Waals surface area contributed by atoms with Gasteiger partial charge in [0.15, 0.2) is 6.39 Å². The lowest BCUT2D eigenvalue weighted by Crippen LogP contribution is -2.43. The molecule has 1 aromatic heterocycles. The van der Waals surface area contributed by atoms with Crippen LogP contribution in [0.4, 0.5) is 4.39 Å². The van der Waals surface area contributed by atoms with Gasteiger partial charge in [-0.2, -0.15) is 0 Å². The third-order valence-corrected chi connectivity index (χ3v) is 3.28. The fraction of sp³-hybridized carbons (Fsp3) is 0.727. The minimum Gasteiger partial charge on any atom is -0.447 e. The topological polar surface area (TPSA) is 55.3 Å². The molecule has 0 aromatic carbocycles. The third kappa shape index (κ3) is 2.41. The summed E-state index contributed by atoms with van der Waals surface area (Å²) in [6.45, 7) is 3.57. The van der Waals surface area contributed by atoms with Crippen LogP contribution < -0.4 is 5.73 Å². The number of oxazole rings is 1. The quantitative estimate of drug-likeness (QED) is 0.850. The Hall–Kier alpha value is -0.940. The Morgan fingerprint density at radius 1 is 1.62 bits per heavy atom. The van der Waals surface area contributed by atoms with Crippen molar-refractivity contribution in [2.75, 3.05) is 19.6 Å². The maximum absolute atomic E-state index is 13.7. The van der Waals surface area contributed by atoms with Gasteiger partial charge in [0.1, 0.15) is 11.4 Å². The summed E-state index contributed by atoms with van der Waals surface area (Å²) in [7, 11) is 0. The first-order chi connectivity index (χ1) is 7.62. The van der Waals surface area contributed by atoms with Crippen molar-refractivity contribution in [2.24, 2.45) is 5.73 Å². The second-order valence-corrected chi connectivity index (χ2v) is 4.60. The van der Waals surface area contributed by atoms with E-state index in [1.165, 1.54) is 6.39 Å². The molecule has 4 nitrogen and oxygen atoms in total. The zero-order chi connectivity index (χ0) is 11.6. The number of alkyl halides is 1. The van der Waals surface area contributed by atoms with Gasteiger partial charge in [0, 0.05) is 19.6 Å². The molecule has 1 aliphatic rings. The molecule has 2 N–H and O–H groups in total. The van der Waals surface area contributed by atoms with Crippen LogP contribution in [0.3, 0.4) is 0 Å². The molecule has 1 unspecified atom stereocenters. The van der Waals surface area contributed by atoms with Crippen molar-refractivity contribution >= 4 is 0 Å². The molecular weight excluding hydrogens is 209 g/mol. The van der Waals surface area contributed by atoms with Crippen molar-refractivity contribution in [2.45, 2.75) is 31.5 Å². The van der Waals surface area contributed by atoms with E-state index in [-0.39, 0.29) is 6.04 Å². The highest BCUT2D eigenvalue weighted by atomic mass is 19.1. The number of hydrogen-bond donors (Lipinski definition) is 1. The number of nitrogens with two attached hydrogens (primary N) is 1. The normalized spacial score (nSPS) is 23.2. The van der Waals surface area contributed by atoms with E-state index >= 15 is 0 Å². The zero-order valence-corrected chi connectivity index (χ0v) is 9.53. The minimum atomic E-state index is -1.03. The molecule has 0 spiro atoms. The van der Waals surface area contributed by atoms with E-state index in [0.29, 0.717) is 19.4 Å². The molecule has 0 aliphatic carbocycles. The molecule has 90 valence electrons. The molecular formula is C11H18FN3O. The van der Waals surface area contributed by atoms with Crippen LogP contribution in [0.1, 0.15) is 31.6 Å². The monoisotopic (exact) mass is 227 g/mol. The molecule has 16 heavy (non-hydrogen) atoms. The highest BCUT2D eigenvalue weighted by Gasteiger charge is 2.33. The summed E-state index contributed by atoms with van der Waals surface area (Å²) >= 11 is 0. The van der Waals surface area contributed by atoms with Gasteiger partial charge in [-0.3, -0.25) is 4.90 Å². The SMILES string of the molecule is CC1(F)CCN(C(CN)c2cnco2)CC1. The summed E-state index contributed by atoms with van der Waals surface area (Å²) in [6.07, 6.45) is 4.19. The predicted octanol–water partition coefficient (Wildman–Crippen LogP) is 1.50. The highest BCUT2D eigenvalue weighted by molar-refractivity contribution is 5.00. The Bertz CT molecular complexity index is 316. The lowest BCUT2D eigenvalue weighted by Gasteiger charge is -2.37. The molecule has 1 atom stereocenters. The van der Waals surface area contributed by atoms with Gasteiger partial charge in [0.2, 0.25) is 0 Å². The number of likely N-dealkylation sites (tertiary alicyclic amines) is 1. The Labute approximate surface area is 94.6 Å². The Balaban J connectivity index is 2.02. The molecule has 0 bridgehead atoms. The van der Waals surface area contributed by atoms with Crippen molar-refractivity contribution in [3.05, 3.63) is 18.4 Å². The predicted molar refractivity (Wildman–Crippen MR) is 58.6 cm³/mol.